The molecule has 5 heteroatoms. The maximum atomic E-state index is 10.8. The molecule has 1 aliphatic rings. The van der Waals surface area contributed by atoms with Crippen molar-refractivity contribution in [3.05, 3.63) is 0 Å². The van der Waals surface area contributed by atoms with E-state index >= 15 is 0 Å². The zero-order chi connectivity index (χ0) is 11.0. The minimum atomic E-state index is -3.24. The van der Waals surface area contributed by atoms with Crippen LogP contribution in [0.4, 0.5) is 0 Å². The van der Waals surface area contributed by atoms with Gasteiger partial charge in [-0.2, -0.15) is 0 Å². The number of hydrogen-bond donors (Lipinski definition) is 1. The molecule has 0 unspecified atom stereocenters. The third-order valence-electron chi connectivity index (χ3n) is 2.70. The van der Waals surface area contributed by atoms with Crippen molar-refractivity contribution in [3.8, 4) is 0 Å². The fourth-order valence-corrected chi connectivity index (χ4v) is 5.37. The molecule has 1 rings (SSSR count). The second-order valence-electron chi connectivity index (χ2n) is 5.80. The van der Waals surface area contributed by atoms with Gasteiger partial charge in [0.05, 0.1) is 5.75 Å². The third-order valence-corrected chi connectivity index (χ3v) is 5.44. The maximum Gasteiger partial charge on any atom is 0.209 e. The van der Waals surface area contributed by atoms with Crippen molar-refractivity contribution in [1.82, 2.24) is 0 Å². The summed E-state index contributed by atoms with van der Waals surface area (Å²) < 4.78 is 21.6. The minimum absolute atomic E-state index is 0.190. The Morgan fingerprint density at radius 3 is 2.07 bits per heavy atom. The molecule has 0 spiro atoms. The first-order chi connectivity index (χ1) is 6.16. The van der Waals surface area contributed by atoms with E-state index in [1.54, 1.807) is 0 Å². The van der Waals surface area contributed by atoms with Gasteiger partial charge >= 0.3 is 0 Å². The van der Waals surface area contributed by atoms with Gasteiger partial charge in [-0.05, 0) is 24.7 Å². The molecule has 0 heterocycles. The number of nitrogens with two attached hydrogens (primary N) is 1. The van der Waals surface area contributed by atoms with Crippen molar-refractivity contribution >= 4 is 18.1 Å². The molecule has 1 fully saturated rings. The molecule has 2 N–H and O–H groups in total. The average Bonchev–Trinajstić information content (AvgIpc) is 1.75. The van der Waals surface area contributed by atoms with Crippen molar-refractivity contribution in [2.75, 3.05) is 5.75 Å². The molecule has 0 bridgehead atoms. The zero-order valence-corrected chi connectivity index (χ0v) is 11.1. The molecule has 0 aromatic rings. The van der Waals surface area contributed by atoms with E-state index in [4.69, 9.17) is 5.14 Å². The van der Waals surface area contributed by atoms with Crippen LogP contribution in [0.5, 0.6) is 0 Å². The lowest BCUT2D eigenvalue weighted by molar-refractivity contribution is 0.233. The van der Waals surface area contributed by atoms with E-state index in [0.29, 0.717) is 5.92 Å². The smallest absolute Gasteiger partial charge is 0.209 e. The summed E-state index contributed by atoms with van der Waals surface area (Å²) in [5.74, 6) is 1.30. The quantitative estimate of drug-likeness (QED) is 0.753. The van der Waals surface area contributed by atoms with Gasteiger partial charge in [-0.1, -0.05) is 25.7 Å². The molecule has 3 nitrogen and oxygen atoms in total. The van der Waals surface area contributed by atoms with E-state index in [9.17, 15) is 8.42 Å². The standard InChI is InChI=1S/C9H21NO2SSi/c1-14(2,3)7-9-4-8(5-9)6-13(10,11)12/h8-9H,4-7H2,1-3H3,(H2,10,11,12). The van der Waals surface area contributed by atoms with Gasteiger partial charge in [-0.15, -0.1) is 0 Å². The minimum Gasteiger partial charge on any atom is -0.229 e. The van der Waals surface area contributed by atoms with Gasteiger partial charge in [0.25, 0.3) is 0 Å². The van der Waals surface area contributed by atoms with Crippen LogP contribution in [0.3, 0.4) is 0 Å². The molecule has 0 saturated heterocycles. The Labute approximate surface area is 88.1 Å². The van der Waals surface area contributed by atoms with Crippen molar-refractivity contribution in [3.63, 3.8) is 0 Å². The number of hydrogen-bond acceptors (Lipinski definition) is 2. The Balaban J connectivity index is 2.25. The van der Waals surface area contributed by atoms with Gasteiger partial charge in [-0.3, -0.25) is 0 Å². The molecule has 0 amide bonds. The van der Waals surface area contributed by atoms with Crippen LogP contribution < -0.4 is 5.14 Å². The van der Waals surface area contributed by atoms with Gasteiger partial charge < -0.3 is 0 Å². The van der Waals surface area contributed by atoms with Gasteiger partial charge in [0, 0.05) is 8.07 Å². The third kappa shape index (κ3) is 4.57. The highest BCUT2D eigenvalue weighted by atomic mass is 32.2. The largest absolute Gasteiger partial charge is 0.229 e. The van der Waals surface area contributed by atoms with E-state index in [1.165, 1.54) is 6.04 Å². The topological polar surface area (TPSA) is 60.2 Å². The highest BCUT2D eigenvalue weighted by Crippen LogP contribution is 2.39. The van der Waals surface area contributed by atoms with Crippen LogP contribution in [-0.2, 0) is 10.0 Å². The lowest BCUT2D eigenvalue weighted by Gasteiger charge is -2.38. The Bertz CT molecular complexity index is 288. The molecule has 1 saturated carbocycles. The number of primary sulfonamides is 1. The predicted octanol–water partition coefficient (Wildman–Crippen LogP) is 1.64. The first-order valence-corrected chi connectivity index (χ1v) is 10.6. The summed E-state index contributed by atoms with van der Waals surface area (Å²) in [6, 6.07) is 1.33. The van der Waals surface area contributed by atoms with Crippen LogP contribution in [0.2, 0.25) is 25.7 Å². The van der Waals surface area contributed by atoms with Gasteiger partial charge in [-0.25, -0.2) is 13.6 Å². The van der Waals surface area contributed by atoms with Crippen LogP contribution in [-0.4, -0.2) is 22.2 Å². The normalized spacial score (nSPS) is 28.6. The molecular weight excluding hydrogens is 214 g/mol. The fraction of sp³-hybridized carbons (Fsp3) is 1.00. The van der Waals surface area contributed by atoms with E-state index in [2.05, 4.69) is 19.6 Å². The number of rotatable bonds is 4. The van der Waals surface area contributed by atoms with E-state index in [0.717, 1.165) is 18.8 Å². The molecular formula is C9H21NO2SSi. The summed E-state index contributed by atoms with van der Waals surface area (Å²) >= 11 is 0. The second-order valence-corrected chi connectivity index (χ2v) is 13.0. The molecule has 0 atom stereocenters. The Kier molecular flexibility index (Phi) is 3.44. The summed E-state index contributed by atoms with van der Waals surface area (Å²) in [5, 5.41) is 5.00. The van der Waals surface area contributed by atoms with Crippen LogP contribution in [0.1, 0.15) is 12.8 Å². The molecule has 14 heavy (non-hydrogen) atoms. The number of sulfonamides is 1. The van der Waals surface area contributed by atoms with Crippen LogP contribution in [0.25, 0.3) is 0 Å². The Hall–Kier alpha value is 0.127. The van der Waals surface area contributed by atoms with E-state index in [1.807, 2.05) is 0 Å². The van der Waals surface area contributed by atoms with E-state index < -0.39 is 18.1 Å². The van der Waals surface area contributed by atoms with Gasteiger partial charge in [0.1, 0.15) is 0 Å². The highest BCUT2D eigenvalue weighted by Gasteiger charge is 2.34. The van der Waals surface area contributed by atoms with Gasteiger partial charge in [0.2, 0.25) is 10.0 Å². The summed E-state index contributed by atoms with van der Waals surface area (Å²) in [6.45, 7) is 7.08. The fourth-order valence-electron chi connectivity index (χ4n) is 2.37. The van der Waals surface area contributed by atoms with Crippen LogP contribution >= 0.6 is 0 Å². The maximum absolute atomic E-state index is 10.8. The zero-order valence-electron chi connectivity index (χ0n) is 9.29. The van der Waals surface area contributed by atoms with E-state index in [-0.39, 0.29) is 5.75 Å². The molecule has 0 aromatic carbocycles. The average molecular weight is 235 g/mol. The lowest BCUT2D eigenvalue weighted by atomic mass is 9.77. The molecule has 1 aliphatic carbocycles. The van der Waals surface area contributed by atoms with Crippen molar-refractivity contribution in [2.24, 2.45) is 17.0 Å². The molecule has 0 radical (unpaired) electrons. The predicted molar refractivity (Wildman–Crippen MR) is 62.3 cm³/mol. The van der Waals surface area contributed by atoms with Crippen LogP contribution in [0.15, 0.2) is 0 Å². The summed E-state index contributed by atoms with van der Waals surface area (Å²) in [6.07, 6.45) is 2.14. The molecule has 0 aromatic heterocycles. The molecule has 0 aliphatic heterocycles. The first-order valence-electron chi connectivity index (χ1n) is 5.16. The Morgan fingerprint density at radius 2 is 1.71 bits per heavy atom. The molecule has 84 valence electrons. The SMILES string of the molecule is C[Si](C)(C)CC1CC(CS(N)(=O)=O)C1. The van der Waals surface area contributed by atoms with Gasteiger partial charge in [0.15, 0.2) is 0 Å². The Morgan fingerprint density at radius 1 is 1.21 bits per heavy atom. The van der Waals surface area contributed by atoms with Crippen molar-refractivity contribution < 1.29 is 8.42 Å². The second kappa shape index (κ2) is 3.94. The monoisotopic (exact) mass is 235 g/mol. The summed E-state index contributed by atoms with van der Waals surface area (Å²) in [4.78, 5) is 0. The highest BCUT2D eigenvalue weighted by molar-refractivity contribution is 7.89. The van der Waals surface area contributed by atoms with Crippen LogP contribution in [0, 0.1) is 11.8 Å². The first kappa shape index (κ1) is 12.2. The van der Waals surface area contributed by atoms with Crippen molar-refractivity contribution in [1.29, 1.82) is 0 Å². The summed E-state index contributed by atoms with van der Waals surface area (Å²) in [7, 11) is -4.20. The van der Waals surface area contributed by atoms with Crippen molar-refractivity contribution in [2.45, 2.75) is 38.5 Å². The summed E-state index contributed by atoms with van der Waals surface area (Å²) in [5.41, 5.74) is 0. The lowest BCUT2D eigenvalue weighted by Crippen LogP contribution is -2.36.